The minimum Gasteiger partial charge on any atom is -0.459 e. The Kier molecular flexibility index (Phi) is 5.47. The molecule has 2 aromatic carbocycles. The van der Waals surface area contributed by atoms with Crippen molar-refractivity contribution in [2.45, 2.75) is 19.4 Å². The van der Waals surface area contributed by atoms with Crippen molar-refractivity contribution in [2.75, 3.05) is 12.1 Å². The van der Waals surface area contributed by atoms with Crippen molar-refractivity contribution in [3.63, 3.8) is 0 Å². The van der Waals surface area contributed by atoms with Crippen LogP contribution in [0.2, 0.25) is 0 Å². The molecule has 3 aromatic rings. The zero-order valence-electron chi connectivity index (χ0n) is 15.6. The van der Waals surface area contributed by atoms with E-state index in [-0.39, 0.29) is 24.4 Å². The first kappa shape index (κ1) is 18.6. The third-order valence-electron chi connectivity index (χ3n) is 4.52. The second-order valence-electron chi connectivity index (χ2n) is 6.59. The predicted octanol–water partition coefficient (Wildman–Crippen LogP) is 3.51. The Bertz CT molecular complexity index is 997. The van der Waals surface area contributed by atoms with Gasteiger partial charge in [0.25, 0.3) is 5.91 Å². The van der Waals surface area contributed by atoms with E-state index >= 15 is 0 Å². The summed E-state index contributed by atoms with van der Waals surface area (Å²) in [5, 5.41) is 5.66. The van der Waals surface area contributed by atoms with Crippen LogP contribution in [0.25, 0.3) is 0 Å². The molecule has 29 heavy (non-hydrogen) atoms. The lowest BCUT2D eigenvalue weighted by molar-refractivity contribution is -0.121. The van der Waals surface area contributed by atoms with Gasteiger partial charge < -0.3 is 24.5 Å². The maximum Gasteiger partial charge on any atom is 0.291 e. The lowest BCUT2D eigenvalue weighted by Crippen LogP contribution is -2.23. The van der Waals surface area contributed by atoms with Crippen LogP contribution in [0.5, 0.6) is 11.5 Å². The number of hydrogen-bond donors (Lipinski definition) is 2. The summed E-state index contributed by atoms with van der Waals surface area (Å²) in [7, 11) is 0. The van der Waals surface area contributed by atoms with Crippen molar-refractivity contribution in [1.82, 2.24) is 5.32 Å². The highest BCUT2D eigenvalue weighted by Crippen LogP contribution is 2.32. The Morgan fingerprint density at radius 3 is 2.52 bits per heavy atom. The number of furan rings is 1. The van der Waals surface area contributed by atoms with Crippen molar-refractivity contribution in [1.29, 1.82) is 0 Å². The lowest BCUT2D eigenvalue weighted by atomic mass is 10.1. The molecule has 1 aromatic heterocycles. The number of anilines is 1. The van der Waals surface area contributed by atoms with Gasteiger partial charge in [0.15, 0.2) is 17.3 Å². The first-order chi connectivity index (χ1) is 14.2. The molecule has 0 saturated carbocycles. The Labute approximate surface area is 167 Å². The van der Waals surface area contributed by atoms with Crippen LogP contribution in [-0.4, -0.2) is 18.6 Å². The predicted molar refractivity (Wildman–Crippen MR) is 106 cm³/mol. The van der Waals surface area contributed by atoms with Gasteiger partial charge in [-0.1, -0.05) is 18.2 Å². The van der Waals surface area contributed by atoms with Crippen LogP contribution >= 0.6 is 0 Å². The molecule has 0 saturated heterocycles. The summed E-state index contributed by atoms with van der Waals surface area (Å²) in [6.07, 6.45) is 2.46. The largest absolute Gasteiger partial charge is 0.459 e. The molecule has 0 spiro atoms. The summed E-state index contributed by atoms with van der Waals surface area (Å²) in [6, 6.07) is 16.3. The molecular formula is C22H20N2O5. The molecule has 2 heterocycles. The minimum absolute atomic E-state index is 0.0298. The van der Waals surface area contributed by atoms with Crippen LogP contribution in [0, 0.1) is 0 Å². The summed E-state index contributed by atoms with van der Waals surface area (Å²) in [4.78, 5) is 24.1. The molecule has 148 valence electrons. The van der Waals surface area contributed by atoms with Gasteiger partial charge in [-0.3, -0.25) is 9.59 Å². The molecule has 0 radical (unpaired) electrons. The second-order valence-corrected chi connectivity index (χ2v) is 6.59. The fourth-order valence-electron chi connectivity index (χ4n) is 2.95. The SMILES string of the molecule is O=C(CCc1ccc2c(c1)OCO2)NCc1ccc(NC(=O)c2ccco2)cc1. The average Bonchev–Trinajstić information content (AvgIpc) is 3.43. The molecule has 7 heteroatoms. The van der Waals surface area contributed by atoms with Crippen molar-refractivity contribution < 1.29 is 23.5 Å². The molecule has 0 unspecified atom stereocenters. The zero-order chi connectivity index (χ0) is 20.1. The zero-order valence-corrected chi connectivity index (χ0v) is 15.6. The highest BCUT2D eigenvalue weighted by molar-refractivity contribution is 6.02. The van der Waals surface area contributed by atoms with Gasteiger partial charge >= 0.3 is 0 Å². The van der Waals surface area contributed by atoms with Crippen molar-refractivity contribution >= 4 is 17.5 Å². The molecule has 4 rings (SSSR count). The summed E-state index contributed by atoms with van der Waals surface area (Å²) >= 11 is 0. The number of carbonyl (C=O) groups is 2. The molecule has 0 fully saturated rings. The molecule has 0 atom stereocenters. The van der Waals surface area contributed by atoms with E-state index in [1.54, 1.807) is 24.3 Å². The average molecular weight is 392 g/mol. The maximum atomic E-state index is 12.1. The van der Waals surface area contributed by atoms with Gasteiger partial charge in [-0.2, -0.15) is 0 Å². The van der Waals surface area contributed by atoms with E-state index in [0.717, 1.165) is 22.6 Å². The highest BCUT2D eigenvalue weighted by atomic mass is 16.7. The molecule has 1 aliphatic heterocycles. The normalized spacial score (nSPS) is 11.9. The molecule has 0 bridgehead atoms. The molecule has 1 aliphatic rings. The molecular weight excluding hydrogens is 372 g/mol. The first-order valence-electron chi connectivity index (χ1n) is 9.26. The molecule has 2 amide bonds. The van der Waals surface area contributed by atoms with E-state index in [4.69, 9.17) is 13.9 Å². The van der Waals surface area contributed by atoms with Crippen molar-refractivity contribution in [2.24, 2.45) is 0 Å². The lowest BCUT2D eigenvalue weighted by Gasteiger charge is -2.08. The number of hydrogen-bond acceptors (Lipinski definition) is 5. The van der Waals surface area contributed by atoms with E-state index in [0.29, 0.717) is 25.1 Å². The second kappa shape index (κ2) is 8.52. The number of amides is 2. The summed E-state index contributed by atoms with van der Waals surface area (Å²) in [5.41, 5.74) is 2.63. The topological polar surface area (TPSA) is 89.8 Å². The Balaban J connectivity index is 1.22. The number of ether oxygens (including phenoxy) is 2. The number of fused-ring (bicyclic) bond motifs is 1. The van der Waals surface area contributed by atoms with E-state index < -0.39 is 0 Å². The van der Waals surface area contributed by atoms with Crippen molar-refractivity contribution in [3.8, 4) is 11.5 Å². The Hall–Kier alpha value is -3.74. The standard InChI is InChI=1S/C22H20N2O5/c25-21(10-6-15-5-9-18-20(12-15)29-14-28-18)23-13-16-3-7-17(8-4-16)24-22(26)19-2-1-11-27-19/h1-5,7-9,11-12H,6,10,13-14H2,(H,23,25)(H,24,26). The summed E-state index contributed by atoms with van der Waals surface area (Å²) < 4.78 is 15.7. The van der Waals surface area contributed by atoms with E-state index in [2.05, 4.69) is 10.6 Å². The molecule has 2 N–H and O–H groups in total. The third kappa shape index (κ3) is 4.76. The van der Waals surface area contributed by atoms with Gasteiger partial charge in [0.2, 0.25) is 12.7 Å². The van der Waals surface area contributed by atoms with Crippen LogP contribution in [0.4, 0.5) is 5.69 Å². The van der Waals surface area contributed by atoms with Crippen molar-refractivity contribution in [3.05, 3.63) is 77.7 Å². The monoisotopic (exact) mass is 392 g/mol. The molecule has 0 aliphatic carbocycles. The van der Waals surface area contributed by atoms with Gasteiger partial charge in [0, 0.05) is 18.7 Å². The van der Waals surface area contributed by atoms with E-state index in [1.807, 2.05) is 30.3 Å². The fourth-order valence-corrected chi connectivity index (χ4v) is 2.95. The number of aryl methyl sites for hydroxylation is 1. The van der Waals surface area contributed by atoms with Crippen LogP contribution < -0.4 is 20.1 Å². The van der Waals surface area contributed by atoms with Gasteiger partial charge in [-0.25, -0.2) is 0 Å². The van der Waals surface area contributed by atoms with Crippen LogP contribution in [0.15, 0.2) is 65.3 Å². The van der Waals surface area contributed by atoms with Crippen LogP contribution in [-0.2, 0) is 17.8 Å². The first-order valence-corrected chi connectivity index (χ1v) is 9.26. The fraction of sp³-hybridized carbons (Fsp3) is 0.182. The Morgan fingerprint density at radius 1 is 0.931 bits per heavy atom. The van der Waals surface area contributed by atoms with Crippen LogP contribution in [0.3, 0.4) is 0 Å². The molecule has 7 nitrogen and oxygen atoms in total. The van der Waals surface area contributed by atoms with E-state index in [9.17, 15) is 9.59 Å². The maximum absolute atomic E-state index is 12.1. The van der Waals surface area contributed by atoms with Crippen LogP contribution in [0.1, 0.15) is 28.1 Å². The number of nitrogens with one attached hydrogen (secondary N) is 2. The number of carbonyl (C=O) groups excluding carboxylic acids is 2. The Morgan fingerprint density at radius 2 is 1.72 bits per heavy atom. The van der Waals surface area contributed by atoms with Gasteiger partial charge in [-0.05, 0) is 53.9 Å². The van der Waals surface area contributed by atoms with Gasteiger partial charge in [0.1, 0.15) is 0 Å². The minimum atomic E-state index is -0.306. The number of rotatable bonds is 7. The van der Waals surface area contributed by atoms with E-state index in [1.165, 1.54) is 6.26 Å². The van der Waals surface area contributed by atoms with Gasteiger partial charge in [-0.15, -0.1) is 0 Å². The third-order valence-corrected chi connectivity index (χ3v) is 4.52. The number of benzene rings is 2. The van der Waals surface area contributed by atoms with Gasteiger partial charge in [0.05, 0.1) is 6.26 Å². The smallest absolute Gasteiger partial charge is 0.291 e. The summed E-state index contributed by atoms with van der Waals surface area (Å²) in [5.74, 6) is 1.38. The highest BCUT2D eigenvalue weighted by Gasteiger charge is 2.13. The summed E-state index contributed by atoms with van der Waals surface area (Å²) in [6.45, 7) is 0.664. The quantitative estimate of drug-likeness (QED) is 0.642.